The summed E-state index contributed by atoms with van der Waals surface area (Å²) >= 11 is 0. The van der Waals surface area contributed by atoms with Gasteiger partial charge in [-0.2, -0.15) is 5.10 Å². The van der Waals surface area contributed by atoms with Crippen LogP contribution in [0.2, 0.25) is 0 Å². The molecular weight excluding hydrogens is 415 g/mol. The Bertz CT molecular complexity index is 1100. The number of urea groups is 1. The van der Waals surface area contributed by atoms with Crippen molar-refractivity contribution >= 4 is 16.9 Å². The van der Waals surface area contributed by atoms with E-state index in [1.54, 1.807) is 12.1 Å². The average Bonchev–Trinajstić information content (AvgIpc) is 3.17. The predicted octanol–water partition coefficient (Wildman–Crippen LogP) is 6.17. The Kier molecular flexibility index (Phi) is 6.73. The Morgan fingerprint density at radius 1 is 1.18 bits per heavy atom. The summed E-state index contributed by atoms with van der Waals surface area (Å²) in [6.07, 6.45) is 6.26. The van der Waals surface area contributed by atoms with Crippen molar-refractivity contribution < 1.29 is 9.18 Å². The lowest BCUT2D eigenvalue weighted by Crippen LogP contribution is -2.48. The van der Waals surface area contributed by atoms with E-state index in [2.05, 4.69) is 61.6 Å². The fraction of sp³-hybridized carbons (Fsp3) is 0.481. The topological polar surface area (TPSA) is 59.0 Å². The molecule has 1 heterocycles. The number of aromatic nitrogens is 2. The fourth-order valence-electron chi connectivity index (χ4n) is 4.65. The Morgan fingerprint density at radius 3 is 2.55 bits per heavy atom. The lowest BCUT2D eigenvalue weighted by atomic mass is 9.71. The third-order valence-corrected chi connectivity index (χ3v) is 6.86. The first-order valence-electron chi connectivity index (χ1n) is 12.0. The zero-order valence-corrected chi connectivity index (χ0v) is 20.1. The third kappa shape index (κ3) is 5.37. The first kappa shape index (κ1) is 23.3. The predicted molar refractivity (Wildman–Crippen MR) is 131 cm³/mol. The maximum atomic E-state index is 13.3. The molecule has 2 N–H and O–H groups in total. The summed E-state index contributed by atoms with van der Waals surface area (Å²) < 4.78 is 15.2. The SMILES string of the molecule is CC(C)CC(c1ccc2c(cnn2-c2ccc(F)cc2)c1)C(C)(C)CNC(=O)NC1CCC1. The van der Waals surface area contributed by atoms with E-state index in [0.29, 0.717) is 18.5 Å². The zero-order valence-electron chi connectivity index (χ0n) is 20.1. The molecule has 33 heavy (non-hydrogen) atoms. The van der Waals surface area contributed by atoms with E-state index in [-0.39, 0.29) is 23.2 Å². The van der Waals surface area contributed by atoms with Crippen molar-refractivity contribution in [1.29, 1.82) is 0 Å². The van der Waals surface area contributed by atoms with Gasteiger partial charge >= 0.3 is 6.03 Å². The van der Waals surface area contributed by atoms with Crippen LogP contribution in [0.3, 0.4) is 0 Å². The molecule has 176 valence electrons. The molecule has 0 aliphatic heterocycles. The lowest BCUT2D eigenvalue weighted by molar-refractivity contribution is 0.209. The summed E-state index contributed by atoms with van der Waals surface area (Å²) in [5.74, 6) is 0.544. The van der Waals surface area contributed by atoms with Gasteiger partial charge in [0.2, 0.25) is 0 Å². The Hall–Kier alpha value is -2.89. The summed E-state index contributed by atoms with van der Waals surface area (Å²) in [4.78, 5) is 12.4. The van der Waals surface area contributed by atoms with E-state index in [0.717, 1.165) is 35.9 Å². The van der Waals surface area contributed by atoms with Gasteiger partial charge in [-0.25, -0.2) is 13.9 Å². The van der Waals surface area contributed by atoms with Crippen molar-refractivity contribution in [2.24, 2.45) is 11.3 Å². The van der Waals surface area contributed by atoms with Gasteiger partial charge in [0.15, 0.2) is 0 Å². The second kappa shape index (κ2) is 9.54. The molecule has 0 radical (unpaired) electrons. The molecular formula is C27H35FN4O. The van der Waals surface area contributed by atoms with Crippen molar-refractivity contribution in [3.8, 4) is 5.69 Å². The maximum absolute atomic E-state index is 13.3. The first-order chi connectivity index (χ1) is 15.7. The quantitative estimate of drug-likeness (QED) is 0.431. The number of benzene rings is 2. The standard InChI is InChI=1S/C27H35FN4O/c1-18(2)14-24(27(3,4)17-29-26(33)31-22-6-5-7-22)19-8-13-25-20(15-19)16-30-32(25)23-11-9-21(28)10-12-23/h8-13,15-16,18,22,24H,5-7,14,17H2,1-4H3,(H2,29,31,33). The smallest absolute Gasteiger partial charge is 0.315 e. The normalized spacial score (nSPS) is 15.5. The molecule has 1 atom stereocenters. The number of hydrogen-bond donors (Lipinski definition) is 2. The van der Waals surface area contributed by atoms with Gasteiger partial charge in [0.05, 0.1) is 17.4 Å². The van der Waals surface area contributed by atoms with Crippen LogP contribution in [0, 0.1) is 17.2 Å². The summed E-state index contributed by atoms with van der Waals surface area (Å²) in [6, 6.07) is 13.1. The van der Waals surface area contributed by atoms with Crippen molar-refractivity contribution in [3.05, 3.63) is 60.0 Å². The number of fused-ring (bicyclic) bond motifs is 1. The zero-order chi connectivity index (χ0) is 23.6. The number of halogens is 1. The van der Waals surface area contributed by atoms with Crippen LogP contribution in [-0.2, 0) is 0 Å². The molecule has 6 heteroatoms. The highest BCUT2D eigenvalue weighted by atomic mass is 19.1. The lowest BCUT2D eigenvalue weighted by Gasteiger charge is -2.37. The highest BCUT2D eigenvalue weighted by molar-refractivity contribution is 5.81. The highest BCUT2D eigenvalue weighted by Crippen LogP contribution is 2.41. The molecule has 0 bridgehead atoms. The van der Waals surface area contributed by atoms with E-state index in [1.807, 2.05) is 10.9 Å². The van der Waals surface area contributed by atoms with Gasteiger partial charge in [-0.05, 0) is 84.9 Å². The van der Waals surface area contributed by atoms with Gasteiger partial charge in [0.1, 0.15) is 5.82 Å². The van der Waals surface area contributed by atoms with E-state index in [1.165, 1.54) is 24.1 Å². The molecule has 2 aromatic carbocycles. The average molecular weight is 451 g/mol. The van der Waals surface area contributed by atoms with Crippen LogP contribution in [0.15, 0.2) is 48.7 Å². The largest absolute Gasteiger partial charge is 0.338 e. The van der Waals surface area contributed by atoms with Gasteiger partial charge < -0.3 is 10.6 Å². The molecule has 1 aliphatic carbocycles. The second-order valence-corrected chi connectivity index (χ2v) is 10.5. The summed E-state index contributed by atoms with van der Waals surface area (Å²) in [7, 11) is 0. The number of amides is 2. The Morgan fingerprint density at radius 2 is 1.91 bits per heavy atom. The maximum Gasteiger partial charge on any atom is 0.315 e. The van der Waals surface area contributed by atoms with Crippen LogP contribution >= 0.6 is 0 Å². The van der Waals surface area contributed by atoms with E-state index in [9.17, 15) is 9.18 Å². The van der Waals surface area contributed by atoms with Crippen molar-refractivity contribution in [2.75, 3.05) is 6.54 Å². The van der Waals surface area contributed by atoms with Crippen molar-refractivity contribution in [3.63, 3.8) is 0 Å². The minimum Gasteiger partial charge on any atom is -0.338 e. The van der Waals surface area contributed by atoms with Crippen LogP contribution in [0.25, 0.3) is 16.6 Å². The van der Waals surface area contributed by atoms with Crippen molar-refractivity contribution in [2.45, 2.75) is 65.3 Å². The number of nitrogens with zero attached hydrogens (tertiary/aromatic N) is 2. The number of hydrogen-bond acceptors (Lipinski definition) is 2. The van der Waals surface area contributed by atoms with E-state index >= 15 is 0 Å². The molecule has 3 aromatic rings. The van der Waals surface area contributed by atoms with Crippen LogP contribution < -0.4 is 10.6 Å². The molecule has 1 aromatic heterocycles. The molecule has 0 spiro atoms. The molecule has 0 saturated heterocycles. The third-order valence-electron chi connectivity index (χ3n) is 6.86. The van der Waals surface area contributed by atoms with Gasteiger partial charge in [0, 0.05) is 18.0 Å². The van der Waals surface area contributed by atoms with Gasteiger partial charge in [-0.3, -0.25) is 0 Å². The second-order valence-electron chi connectivity index (χ2n) is 10.5. The highest BCUT2D eigenvalue weighted by Gasteiger charge is 2.32. The molecule has 1 aliphatic rings. The summed E-state index contributed by atoms with van der Waals surface area (Å²) in [5.41, 5.74) is 2.95. The van der Waals surface area contributed by atoms with E-state index < -0.39 is 0 Å². The Balaban J connectivity index is 1.56. The molecule has 1 fully saturated rings. The molecule has 1 unspecified atom stereocenters. The number of rotatable bonds is 8. The fourth-order valence-corrected chi connectivity index (χ4v) is 4.65. The number of carbonyl (C=O) groups excluding carboxylic acids is 1. The number of nitrogens with one attached hydrogen (secondary N) is 2. The van der Waals surface area contributed by atoms with Crippen LogP contribution in [0.5, 0.6) is 0 Å². The number of carbonyl (C=O) groups is 1. The monoisotopic (exact) mass is 450 g/mol. The van der Waals surface area contributed by atoms with Gasteiger partial charge in [-0.1, -0.05) is 33.8 Å². The van der Waals surface area contributed by atoms with Crippen LogP contribution in [0.1, 0.15) is 64.9 Å². The van der Waals surface area contributed by atoms with Crippen molar-refractivity contribution in [1.82, 2.24) is 20.4 Å². The van der Waals surface area contributed by atoms with Crippen LogP contribution in [0.4, 0.5) is 9.18 Å². The molecule has 2 amide bonds. The molecule has 4 rings (SSSR count). The van der Waals surface area contributed by atoms with Gasteiger partial charge in [0.25, 0.3) is 0 Å². The van der Waals surface area contributed by atoms with Gasteiger partial charge in [-0.15, -0.1) is 0 Å². The first-order valence-corrected chi connectivity index (χ1v) is 12.0. The summed E-state index contributed by atoms with van der Waals surface area (Å²) in [6.45, 7) is 9.55. The van der Waals surface area contributed by atoms with E-state index in [4.69, 9.17) is 0 Å². The van der Waals surface area contributed by atoms with Crippen LogP contribution in [-0.4, -0.2) is 28.4 Å². The minimum atomic E-state index is -0.258. The summed E-state index contributed by atoms with van der Waals surface area (Å²) in [5, 5.41) is 11.8. The minimum absolute atomic E-state index is 0.0629. The molecule has 5 nitrogen and oxygen atoms in total. The molecule has 1 saturated carbocycles. The Labute approximate surface area is 195 Å².